The van der Waals surface area contributed by atoms with Crippen molar-refractivity contribution in [3.63, 3.8) is 0 Å². The van der Waals surface area contributed by atoms with Crippen LogP contribution < -0.4 is 4.72 Å². The van der Waals surface area contributed by atoms with Crippen molar-refractivity contribution in [2.45, 2.75) is 25.1 Å². The van der Waals surface area contributed by atoms with Gasteiger partial charge in [-0.2, -0.15) is 5.10 Å². The number of hydrogen-bond acceptors (Lipinski definition) is 5. The first kappa shape index (κ1) is 12.6. The highest BCUT2D eigenvalue weighted by atomic mass is 32.2. The van der Waals surface area contributed by atoms with Gasteiger partial charge in [0.2, 0.25) is 10.0 Å². The molecule has 0 aliphatic rings. The molecule has 1 rings (SSSR count). The second-order valence-electron chi connectivity index (χ2n) is 3.24. The number of aliphatic carboxylic acids is 1. The predicted octanol–water partition coefficient (Wildman–Crippen LogP) is -0.742. The number of aromatic nitrogens is 3. The van der Waals surface area contributed by atoms with E-state index in [0.29, 0.717) is 5.82 Å². The van der Waals surface area contributed by atoms with Gasteiger partial charge in [-0.3, -0.25) is 9.89 Å². The fourth-order valence-electron chi connectivity index (χ4n) is 0.961. The summed E-state index contributed by atoms with van der Waals surface area (Å²) in [6.07, 6.45) is 1.24. The van der Waals surface area contributed by atoms with Crippen LogP contribution in [0.5, 0.6) is 0 Å². The van der Waals surface area contributed by atoms with Gasteiger partial charge in [-0.15, -0.1) is 0 Å². The zero-order valence-electron chi connectivity index (χ0n) is 8.71. The first-order chi connectivity index (χ1) is 7.34. The van der Waals surface area contributed by atoms with Crippen LogP contribution in [0.2, 0.25) is 0 Å². The van der Waals surface area contributed by atoms with Gasteiger partial charge < -0.3 is 5.11 Å². The summed E-state index contributed by atoms with van der Waals surface area (Å²) in [5.74, 6) is -1.08. The van der Waals surface area contributed by atoms with Crippen molar-refractivity contribution in [3.05, 3.63) is 12.2 Å². The Morgan fingerprint density at radius 1 is 1.56 bits per heavy atom. The largest absolute Gasteiger partial charge is 0.480 e. The van der Waals surface area contributed by atoms with Crippen LogP contribution in [0.25, 0.3) is 0 Å². The number of rotatable bonds is 5. The van der Waals surface area contributed by atoms with Gasteiger partial charge in [-0.05, 0) is 13.8 Å². The molecule has 1 aromatic heterocycles. The molecular formula is C7H12N4O4S. The third-order valence-electron chi connectivity index (χ3n) is 2.00. The number of aromatic amines is 1. The lowest BCUT2D eigenvalue weighted by molar-refractivity contribution is -0.136. The molecule has 2 atom stereocenters. The molecule has 0 bridgehead atoms. The van der Waals surface area contributed by atoms with Crippen LogP contribution >= 0.6 is 0 Å². The second kappa shape index (κ2) is 4.58. The van der Waals surface area contributed by atoms with Crippen molar-refractivity contribution < 1.29 is 18.3 Å². The zero-order chi connectivity index (χ0) is 12.3. The van der Waals surface area contributed by atoms with Crippen molar-refractivity contribution in [2.75, 3.05) is 0 Å². The number of nitrogens with zero attached hydrogens (tertiary/aromatic N) is 2. The van der Waals surface area contributed by atoms with Gasteiger partial charge >= 0.3 is 5.97 Å². The normalized spacial score (nSPS) is 15.6. The molecule has 0 aromatic carbocycles. The Hall–Kier alpha value is -1.48. The van der Waals surface area contributed by atoms with Crippen LogP contribution in [0.1, 0.15) is 25.7 Å². The highest BCUT2D eigenvalue weighted by Crippen LogP contribution is 2.09. The van der Waals surface area contributed by atoms with Crippen molar-refractivity contribution in [1.82, 2.24) is 19.9 Å². The quantitative estimate of drug-likeness (QED) is 0.630. The number of hydrogen-bond donors (Lipinski definition) is 3. The molecule has 0 spiro atoms. The smallest absolute Gasteiger partial charge is 0.323 e. The van der Waals surface area contributed by atoms with E-state index in [9.17, 15) is 13.2 Å². The molecule has 9 heteroatoms. The third kappa shape index (κ3) is 2.76. The minimum absolute atomic E-state index is 0.321. The highest BCUT2D eigenvalue weighted by Gasteiger charge is 2.29. The van der Waals surface area contributed by atoms with Crippen molar-refractivity contribution >= 4 is 16.0 Å². The molecule has 0 aliphatic heterocycles. The van der Waals surface area contributed by atoms with Gasteiger partial charge in [0.05, 0.1) is 6.04 Å². The lowest BCUT2D eigenvalue weighted by Crippen LogP contribution is -2.39. The Labute approximate surface area is 92.1 Å². The van der Waals surface area contributed by atoms with E-state index in [1.165, 1.54) is 13.3 Å². The minimum atomic E-state index is -3.92. The van der Waals surface area contributed by atoms with E-state index < -0.39 is 27.3 Å². The molecule has 0 saturated heterocycles. The Kier molecular flexibility index (Phi) is 3.60. The van der Waals surface area contributed by atoms with Crippen LogP contribution in [-0.4, -0.2) is 39.9 Å². The highest BCUT2D eigenvalue weighted by molar-refractivity contribution is 7.90. The van der Waals surface area contributed by atoms with Gasteiger partial charge in [0.1, 0.15) is 12.2 Å². The van der Waals surface area contributed by atoms with Crippen LogP contribution in [0.4, 0.5) is 0 Å². The molecule has 0 amide bonds. The van der Waals surface area contributed by atoms with Crippen LogP contribution in [0, 0.1) is 0 Å². The van der Waals surface area contributed by atoms with E-state index in [4.69, 9.17) is 5.11 Å². The number of carboxylic acids is 1. The summed E-state index contributed by atoms with van der Waals surface area (Å²) >= 11 is 0. The topological polar surface area (TPSA) is 125 Å². The molecule has 8 nitrogen and oxygen atoms in total. The van der Waals surface area contributed by atoms with Gasteiger partial charge in [0, 0.05) is 0 Å². The van der Waals surface area contributed by atoms with E-state index in [1.54, 1.807) is 0 Å². The van der Waals surface area contributed by atoms with Gasteiger partial charge in [0.15, 0.2) is 5.25 Å². The Morgan fingerprint density at radius 3 is 2.62 bits per heavy atom. The first-order valence-corrected chi connectivity index (χ1v) is 5.98. The molecule has 1 aromatic rings. The maximum Gasteiger partial charge on any atom is 0.323 e. The summed E-state index contributed by atoms with van der Waals surface area (Å²) in [5, 5.41) is 13.1. The monoisotopic (exact) mass is 248 g/mol. The third-order valence-corrected chi connectivity index (χ3v) is 3.81. The van der Waals surface area contributed by atoms with Crippen LogP contribution in [0.15, 0.2) is 6.33 Å². The molecule has 2 unspecified atom stereocenters. The molecule has 0 saturated carbocycles. The zero-order valence-corrected chi connectivity index (χ0v) is 9.52. The molecule has 0 fully saturated rings. The maximum absolute atomic E-state index is 11.5. The SMILES string of the molecule is CC(NS(=O)(=O)C(C)C(=O)O)c1ncn[nH]1. The van der Waals surface area contributed by atoms with Crippen LogP contribution in [0.3, 0.4) is 0 Å². The van der Waals surface area contributed by atoms with Gasteiger partial charge in [-0.25, -0.2) is 18.1 Å². The number of nitrogens with one attached hydrogen (secondary N) is 2. The average Bonchev–Trinajstić information content (AvgIpc) is 2.68. The number of carbonyl (C=O) groups is 1. The van der Waals surface area contributed by atoms with Crippen LogP contribution in [-0.2, 0) is 14.8 Å². The van der Waals surface area contributed by atoms with Gasteiger partial charge in [-0.1, -0.05) is 0 Å². The van der Waals surface area contributed by atoms with E-state index in [-0.39, 0.29) is 0 Å². The number of H-pyrrole nitrogens is 1. The molecular weight excluding hydrogens is 236 g/mol. The Bertz CT molecular complexity index is 455. The fraction of sp³-hybridized carbons (Fsp3) is 0.571. The van der Waals surface area contributed by atoms with E-state index in [2.05, 4.69) is 19.9 Å². The molecule has 90 valence electrons. The lowest BCUT2D eigenvalue weighted by atomic mass is 10.3. The van der Waals surface area contributed by atoms with Crippen molar-refractivity contribution in [2.24, 2.45) is 0 Å². The Balaban J connectivity index is 2.78. The average molecular weight is 248 g/mol. The van der Waals surface area contributed by atoms with Crippen molar-refractivity contribution in [3.8, 4) is 0 Å². The summed E-state index contributed by atoms with van der Waals surface area (Å²) < 4.78 is 25.2. The van der Waals surface area contributed by atoms with E-state index >= 15 is 0 Å². The summed E-state index contributed by atoms with van der Waals surface area (Å²) in [5.41, 5.74) is 0. The van der Waals surface area contributed by atoms with E-state index in [1.807, 2.05) is 0 Å². The van der Waals surface area contributed by atoms with E-state index in [0.717, 1.165) is 6.92 Å². The molecule has 3 N–H and O–H groups in total. The molecule has 0 radical (unpaired) electrons. The lowest BCUT2D eigenvalue weighted by Gasteiger charge is -2.14. The summed E-state index contributed by atoms with van der Waals surface area (Å²) in [7, 11) is -3.92. The fourth-order valence-corrected chi connectivity index (χ4v) is 2.03. The maximum atomic E-state index is 11.5. The van der Waals surface area contributed by atoms with Crippen molar-refractivity contribution in [1.29, 1.82) is 0 Å². The number of carboxylic acid groups (broad SMARTS) is 1. The summed E-state index contributed by atoms with van der Waals surface area (Å²) in [6.45, 7) is 2.63. The summed E-state index contributed by atoms with van der Waals surface area (Å²) in [6, 6.07) is -0.658. The first-order valence-electron chi connectivity index (χ1n) is 4.44. The standard InChI is InChI=1S/C7H12N4O4S/c1-4(6-8-3-9-10-6)11-16(14,15)5(2)7(12)13/h3-5,11H,1-2H3,(H,12,13)(H,8,9,10). The summed E-state index contributed by atoms with van der Waals surface area (Å²) in [4.78, 5) is 14.3. The number of sulfonamides is 1. The predicted molar refractivity (Wildman–Crippen MR) is 54.0 cm³/mol. The second-order valence-corrected chi connectivity index (χ2v) is 5.27. The van der Waals surface area contributed by atoms with Gasteiger partial charge in [0.25, 0.3) is 0 Å². The molecule has 16 heavy (non-hydrogen) atoms. The minimum Gasteiger partial charge on any atom is -0.480 e. The molecule has 0 aliphatic carbocycles. The molecule has 1 heterocycles. The Morgan fingerprint density at radius 2 is 2.19 bits per heavy atom.